The molecule has 1 unspecified atom stereocenters. The summed E-state index contributed by atoms with van der Waals surface area (Å²) in [7, 11) is 0. The number of hydrogen-bond donors (Lipinski definition) is 2. The minimum Gasteiger partial charge on any atom is -0.464 e. The Labute approximate surface area is 164 Å². The summed E-state index contributed by atoms with van der Waals surface area (Å²) in [4.78, 5) is 4.40. The minimum absolute atomic E-state index is 0. The van der Waals surface area contributed by atoms with Gasteiger partial charge in [-0.05, 0) is 51.1 Å². The predicted molar refractivity (Wildman–Crippen MR) is 106 cm³/mol. The molecule has 0 radical (unpaired) electrons. The lowest BCUT2D eigenvalue weighted by Crippen LogP contribution is -2.38. The second-order valence-electron chi connectivity index (χ2n) is 5.43. The molecule has 1 atom stereocenters. The fourth-order valence-corrected chi connectivity index (χ4v) is 2.21. The van der Waals surface area contributed by atoms with Gasteiger partial charge in [0, 0.05) is 12.1 Å². The van der Waals surface area contributed by atoms with E-state index in [0.717, 1.165) is 11.5 Å². The molecule has 0 spiro atoms. The van der Waals surface area contributed by atoms with E-state index >= 15 is 0 Å². The van der Waals surface area contributed by atoms with E-state index in [0.29, 0.717) is 23.6 Å². The highest BCUT2D eigenvalue weighted by molar-refractivity contribution is 14.0. The van der Waals surface area contributed by atoms with Crippen LogP contribution < -0.4 is 10.6 Å². The van der Waals surface area contributed by atoms with Gasteiger partial charge >= 0.3 is 0 Å². The zero-order valence-corrected chi connectivity index (χ0v) is 16.8. The van der Waals surface area contributed by atoms with Crippen LogP contribution in [0.5, 0.6) is 0 Å². The molecule has 134 valence electrons. The van der Waals surface area contributed by atoms with Crippen LogP contribution in [-0.4, -0.2) is 12.5 Å². The Morgan fingerprint density at radius 3 is 2.72 bits per heavy atom. The first-order valence-corrected chi connectivity index (χ1v) is 7.83. The van der Waals surface area contributed by atoms with Crippen molar-refractivity contribution >= 4 is 29.9 Å². The van der Waals surface area contributed by atoms with Crippen LogP contribution in [0, 0.1) is 24.1 Å². The van der Waals surface area contributed by atoms with E-state index in [-0.39, 0.29) is 42.4 Å². The van der Waals surface area contributed by atoms with E-state index in [4.69, 9.17) is 9.68 Å². The molecule has 0 saturated carbocycles. The fourth-order valence-electron chi connectivity index (χ4n) is 2.21. The van der Waals surface area contributed by atoms with Crippen molar-refractivity contribution in [2.45, 2.75) is 33.4 Å². The monoisotopic (exact) mass is 456 g/mol. The highest BCUT2D eigenvalue weighted by Gasteiger charge is 2.11. The first kappa shape index (κ1) is 21.0. The molecule has 25 heavy (non-hydrogen) atoms. The number of halogens is 2. The predicted octanol–water partition coefficient (Wildman–Crippen LogP) is 4.03. The fraction of sp³-hybridized carbons (Fsp3) is 0.333. The zero-order chi connectivity index (χ0) is 17.5. The first-order chi connectivity index (χ1) is 11.5. The smallest absolute Gasteiger partial charge is 0.192 e. The maximum atomic E-state index is 13.8. The molecule has 2 aromatic rings. The standard InChI is InChI=1S/C18H21FN4O.HI/c1-4-21-18(23-13(3)17-8-5-12(2)24-17)22-11-15-9-14(10-20)6-7-16(15)19;/h5-9,13H,4,11H2,1-3H3,(H2,21,22,23);1H. The van der Waals surface area contributed by atoms with Crippen molar-refractivity contribution in [1.82, 2.24) is 10.6 Å². The normalized spacial score (nSPS) is 12.0. The zero-order valence-electron chi connectivity index (χ0n) is 14.5. The maximum absolute atomic E-state index is 13.8. The van der Waals surface area contributed by atoms with Crippen molar-refractivity contribution in [1.29, 1.82) is 5.26 Å². The molecule has 2 N–H and O–H groups in total. The van der Waals surface area contributed by atoms with E-state index < -0.39 is 0 Å². The number of hydrogen-bond acceptors (Lipinski definition) is 3. The molecule has 0 saturated heterocycles. The van der Waals surface area contributed by atoms with Gasteiger partial charge in [-0.25, -0.2) is 9.38 Å². The maximum Gasteiger partial charge on any atom is 0.192 e. The van der Waals surface area contributed by atoms with Gasteiger partial charge < -0.3 is 15.1 Å². The summed E-state index contributed by atoms with van der Waals surface area (Å²) in [6, 6.07) is 10.00. The highest BCUT2D eigenvalue weighted by Crippen LogP contribution is 2.15. The van der Waals surface area contributed by atoms with Gasteiger partial charge in [-0.15, -0.1) is 24.0 Å². The van der Waals surface area contributed by atoms with Crippen LogP contribution in [-0.2, 0) is 6.54 Å². The second-order valence-corrected chi connectivity index (χ2v) is 5.43. The molecule has 5 nitrogen and oxygen atoms in total. The summed E-state index contributed by atoms with van der Waals surface area (Å²) in [6.45, 7) is 6.62. The Morgan fingerprint density at radius 2 is 2.12 bits per heavy atom. The van der Waals surface area contributed by atoms with E-state index in [2.05, 4.69) is 15.6 Å². The van der Waals surface area contributed by atoms with Gasteiger partial charge in [-0.1, -0.05) is 0 Å². The molecular weight excluding hydrogens is 434 g/mol. The van der Waals surface area contributed by atoms with Crippen LogP contribution in [0.2, 0.25) is 0 Å². The Morgan fingerprint density at radius 1 is 1.36 bits per heavy atom. The average molecular weight is 456 g/mol. The van der Waals surface area contributed by atoms with Crippen molar-refractivity contribution < 1.29 is 8.81 Å². The molecule has 0 aliphatic heterocycles. The number of benzene rings is 1. The first-order valence-electron chi connectivity index (χ1n) is 7.83. The van der Waals surface area contributed by atoms with E-state index in [1.54, 1.807) is 0 Å². The molecule has 0 amide bonds. The number of nitriles is 1. The van der Waals surface area contributed by atoms with Crippen molar-refractivity contribution in [3.8, 4) is 6.07 Å². The third-order valence-electron chi connectivity index (χ3n) is 3.47. The number of aryl methyl sites for hydroxylation is 1. The number of nitrogens with one attached hydrogen (secondary N) is 2. The van der Waals surface area contributed by atoms with Crippen LogP contribution in [0.3, 0.4) is 0 Å². The topological polar surface area (TPSA) is 73.3 Å². The lowest BCUT2D eigenvalue weighted by Gasteiger charge is -2.16. The van der Waals surface area contributed by atoms with Crippen molar-refractivity contribution in [3.05, 3.63) is 58.8 Å². The third kappa shape index (κ3) is 6.05. The van der Waals surface area contributed by atoms with Gasteiger partial charge in [0.2, 0.25) is 0 Å². The number of furan rings is 1. The van der Waals surface area contributed by atoms with Gasteiger partial charge in [-0.3, -0.25) is 0 Å². The van der Waals surface area contributed by atoms with Crippen molar-refractivity contribution in [2.24, 2.45) is 4.99 Å². The molecule has 0 aliphatic rings. The lowest BCUT2D eigenvalue weighted by molar-refractivity contribution is 0.441. The van der Waals surface area contributed by atoms with E-state index in [1.165, 1.54) is 18.2 Å². The van der Waals surface area contributed by atoms with Gasteiger partial charge in [0.25, 0.3) is 0 Å². The van der Waals surface area contributed by atoms with Gasteiger partial charge in [-0.2, -0.15) is 5.26 Å². The number of aliphatic imine (C=N–C) groups is 1. The van der Waals surface area contributed by atoms with Gasteiger partial charge in [0.1, 0.15) is 17.3 Å². The second kappa shape index (κ2) is 10.0. The number of rotatable bonds is 5. The van der Waals surface area contributed by atoms with Gasteiger partial charge in [0.05, 0.1) is 24.2 Å². The quantitative estimate of drug-likeness (QED) is 0.405. The molecule has 0 aliphatic carbocycles. The largest absolute Gasteiger partial charge is 0.464 e. The molecule has 0 bridgehead atoms. The van der Waals surface area contributed by atoms with Crippen molar-refractivity contribution in [2.75, 3.05) is 6.54 Å². The number of guanidine groups is 1. The summed E-state index contributed by atoms with van der Waals surface area (Å²) in [5.41, 5.74) is 0.798. The molecule has 0 fully saturated rings. The summed E-state index contributed by atoms with van der Waals surface area (Å²) < 4.78 is 19.4. The number of nitrogens with zero attached hydrogens (tertiary/aromatic N) is 2. The summed E-state index contributed by atoms with van der Waals surface area (Å²) in [5, 5.41) is 15.3. The van der Waals surface area contributed by atoms with Crippen LogP contribution in [0.25, 0.3) is 0 Å². The molecule has 1 aromatic heterocycles. The highest BCUT2D eigenvalue weighted by atomic mass is 127. The van der Waals surface area contributed by atoms with Crippen LogP contribution in [0.15, 0.2) is 39.7 Å². The molecule has 1 heterocycles. The Hall–Kier alpha value is -2.08. The Bertz CT molecular complexity index is 767. The van der Waals surface area contributed by atoms with Crippen LogP contribution in [0.4, 0.5) is 4.39 Å². The lowest BCUT2D eigenvalue weighted by atomic mass is 10.1. The SMILES string of the molecule is CCNC(=NCc1cc(C#N)ccc1F)NC(C)c1ccc(C)o1.I. The van der Waals surface area contributed by atoms with E-state index in [1.807, 2.05) is 39.0 Å². The molecule has 1 aromatic carbocycles. The molecule has 2 rings (SSSR count). The molecular formula is C18H22FIN4O. The summed E-state index contributed by atoms with van der Waals surface area (Å²) in [5.74, 6) is 1.83. The molecule has 7 heteroatoms. The van der Waals surface area contributed by atoms with Crippen LogP contribution >= 0.6 is 24.0 Å². The van der Waals surface area contributed by atoms with Crippen molar-refractivity contribution in [3.63, 3.8) is 0 Å². The average Bonchev–Trinajstić information content (AvgIpc) is 3.00. The minimum atomic E-state index is -0.372. The van der Waals surface area contributed by atoms with E-state index in [9.17, 15) is 4.39 Å². The van der Waals surface area contributed by atoms with Gasteiger partial charge in [0.15, 0.2) is 5.96 Å². The Balaban J connectivity index is 0.00000312. The summed E-state index contributed by atoms with van der Waals surface area (Å²) in [6.07, 6.45) is 0. The third-order valence-corrected chi connectivity index (χ3v) is 3.47. The van der Waals surface area contributed by atoms with Crippen LogP contribution in [0.1, 0.15) is 42.5 Å². The Kier molecular flexibility index (Phi) is 8.41. The summed E-state index contributed by atoms with van der Waals surface area (Å²) >= 11 is 0.